The van der Waals surface area contributed by atoms with Gasteiger partial charge in [-0.2, -0.15) is 0 Å². The highest BCUT2D eigenvalue weighted by Gasteiger charge is 2.22. The molecule has 0 bridgehead atoms. The molecular formula is C24H28N4O4S. The number of amides is 1. The van der Waals surface area contributed by atoms with Gasteiger partial charge in [0.15, 0.2) is 5.13 Å². The molecule has 174 valence electrons. The minimum atomic E-state index is 0.0936. The van der Waals surface area contributed by atoms with Crippen LogP contribution in [0.15, 0.2) is 47.8 Å². The van der Waals surface area contributed by atoms with Crippen molar-refractivity contribution in [3.8, 4) is 17.2 Å². The third-order valence-electron chi connectivity index (χ3n) is 5.58. The molecule has 9 heteroatoms. The van der Waals surface area contributed by atoms with Gasteiger partial charge in [0, 0.05) is 49.4 Å². The van der Waals surface area contributed by atoms with Gasteiger partial charge in [0.05, 0.1) is 39.1 Å². The number of nitrogens with zero attached hydrogens (tertiary/aromatic N) is 3. The lowest BCUT2D eigenvalue weighted by atomic mass is 10.2. The van der Waals surface area contributed by atoms with Gasteiger partial charge in [0.25, 0.3) is 0 Å². The average molecular weight is 469 g/mol. The number of thiazole rings is 1. The summed E-state index contributed by atoms with van der Waals surface area (Å²) in [6.07, 6.45) is 0.284. The standard InChI is InChI=1S/C24H28N4O4S/c1-30-19-6-4-5-18(14-19)27-9-11-28(12-10-27)23(29)13-17-16-33-24(25-17)26-21-15-20(31-2)7-8-22(21)32-3/h4-8,14-16H,9-13H2,1-3H3,(H,25,26). The fraction of sp³-hybridized carbons (Fsp3) is 0.333. The predicted octanol–water partition coefficient (Wildman–Crippen LogP) is 3.80. The third-order valence-corrected chi connectivity index (χ3v) is 6.39. The van der Waals surface area contributed by atoms with Crippen LogP contribution in [0.2, 0.25) is 0 Å². The Hall–Kier alpha value is -3.46. The maximum Gasteiger partial charge on any atom is 0.228 e. The molecular weight excluding hydrogens is 440 g/mol. The summed E-state index contributed by atoms with van der Waals surface area (Å²) in [5, 5.41) is 5.88. The van der Waals surface area contributed by atoms with Crippen LogP contribution in [0.3, 0.4) is 0 Å². The van der Waals surface area contributed by atoms with E-state index in [-0.39, 0.29) is 12.3 Å². The van der Waals surface area contributed by atoms with Gasteiger partial charge < -0.3 is 29.3 Å². The van der Waals surface area contributed by atoms with E-state index in [4.69, 9.17) is 14.2 Å². The largest absolute Gasteiger partial charge is 0.497 e. The van der Waals surface area contributed by atoms with Crippen molar-refractivity contribution >= 4 is 33.8 Å². The molecule has 4 rings (SSSR count). The van der Waals surface area contributed by atoms with E-state index >= 15 is 0 Å². The van der Waals surface area contributed by atoms with E-state index in [1.165, 1.54) is 11.3 Å². The molecule has 1 aliphatic rings. The second-order valence-corrected chi connectivity index (χ2v) is 8.44. The molecule has 1 fully saturated rings. The van der Waals surface area contributed by atoms with Crippen LogP contribution in [-0.2, 0) is 11.2 Å². The smallest absolute Gasteiger partial charge is 0.228 e. The summed E-state index contributed by atoms with van der Waals surface area (Å²) in [7, 11) is 4.91. The molecule has 1 N–H and O–H groups in total. The number of aromatic nitrogens is 1. The third kappa shape index (κ3) is 5.48. The Morgan fingerprint density at radius 2 is 1.76 bits per heavy atom. The van der Waals surface area contributed by atoms with E-state index in [0.29, 0.717) is 24.0 Å². The molecule has 0 unspecified atom stereocenters. The van der Waals surface area contributed by atoms with Crippen LogP contribution in [0.4, 0.5) is 16.5 Å². The van der Waals surface area contributed by atoms with Crippen LogP contribution < -0.4 is 24.4 Å². The number of anilines is 3. The maximum absolute atomic E-state index is 12.9. The van der Waals surface area contributed by atoms with Gasteiger partial charge in [-0.05, 0) is 24.3 Å². The zero-order valence-corrected chi connectivity index (χ0v) is 19.9. The second kappa shape index (κ2) is 10.4. The van der Waals surface area contributed by atoms with Crippen LogP contribution in [0.5, 0.6) is 17.2 Å². The van der Waals surface area contributed by atoms with Crippen molar-refractivity contribution in [3.05, 3.63) is 53.5 Å². The van der Waals surface area contributed by atoms with Gasteiger partial charge >= 0.3 is 0 Å². The Labute approximate surface area is 197 Å². The number of nitrogens with one attached hydrogen (secondary N) is 1. The average Bonchev–Trinajstić information content (AvgIpc) is 3.30. The molecule has 0 saturated carbocycles. The first-order valence-electron chi connectivity index (χ1n) is 10.7. The van der Waals surface area contributed by atoms with Crippen molar-refractivity contribution in [1.82, 2.24) is 9.88 Å². The monoisotopic (exact) mass is 468 g/mol. The Morgan fingerprint density at radius 3 is 2.48 bits per heavy atom. The predicted molar refractivity (Wildman–Crippen MR) is 130 cm³/mol. The van der Waals surface area contributed by atoms with E-state index in [2.05, 4.69) is 21.3 Å². The number of hydrogen-bond donors (Lipinski definition) is 1. The van der Waals surface area contributed by atoms with Gasteiger partial charge in [0.1, 0.15) is 17.2 Å². The van der Waals surface area contributed by atoms with Crippen molar-refractivity contribution in [2.45, 2.75) is 6.42 Å². The summed E-state index contributed by atoms with van der Waals surface area (Å²) in [5.41, 5.74) is 2.63. The number of ether oxygens (including phenoxy) is 3. The summed E-state index contributed by atoms with van der Waals surface area (Å²) < 4.78 is 16.0. The van der Waals surface area contributed by atoms with Gasteiger partial charge in [-0.25, -0.2) is 4.98 Å². The van der Waals surface area contributed by atoms with Gasteiger partial charge in [-0.3, -0.25) is 4.79 Å². The van der Waals surface area contributed by atoms with E-state index in [1.54, 1.807) is 21.3 Å². The summed E-state index contributed by atoms with van der Waals surface area (Å²) >= 11 is 1.46. The molecule has 2 aromatic carbocycles. The number of hydrogen-bond acceptors (Lipinski definition) is 8. The van der Waals surface area contributed by atoms with Gasteiger partial charge in [0.2, 0.25) is 5.91 Å². The lowest BCUT2D eigenvalue weighted by Crippen LogP contribution is -2.49. The second-order valence-electron chi connectivity index (χ2n) is 7.58. The number of methoxy groups -OCH3 is 3. The van der Waals surface area contributed by atoms with E-state index in [0.717, 1.165) is 41.7 Å². The van der Waals surface area contributed by atoms with E-state index in [9.17, 15) is 4.79 Å². The van der Waals surface area contributed by atoms with Gasteiger partial charge in [-0.1, -0.05) is 6.07 Å². The minimum Gasteiger partial charge on any atom is -0.497 e. The molecule has 0 spiro atoms. The summed E-state index contributed by atoms with van der Waals surface area (Å²) in [6, 6.07) is 13.5. The van der Waals surface area contributed by atoms with Crippen molar-refractivity contribution in [1.29, 1.82) is 0 Å². The van der Waals surface area contributed by atoms with Crippen LogP contribution >= 0.6 is 11.3 Å². The van der Waals surface area contributed by atoms with Crippen LogP contribution in [0, 0.1) is 0 Å². The van der Waals surface area contributed by atoms with Crippen molar-refractivity contribution in [2.24, 2.45) is 0 Å². The maximum atomic E-state index is 12.9. The normalized spacial score (nSPS) is 13.5. The molecule has 2 heterocycles. The van der Waals surface area contributed by atoms with Gasteiger partial charge in [-0.15, -0.1) is 11.3 Å². The molecule has 3 aromatic rings. The molecule has 0 atom stereocenters. The first-order valence-corrected chi connectivity index (χ1v) is 11.6. The van der Waals surface area contributed by atoms with Crippen molar-refractivity contribution < 1.29 is 19.0 Å². The Kier molecular flexibility index (Phi) is 7.19. The lowest BCUT2D eigenvalue weighted by Gasteiger charge is -2.36. The molecule has 1 saturated heterocycles. The number of carbonyl (C=O) groups is 1. The van der Waals surface area contributed by atoms with Crippen molar-refractivity contribution in [2.75, 3.05) is 57.7 Å². The van der Waals surface area contributed by atoms with E-state index < -0.39 is 0 Å². The zero-order valence-electron chi connectivity index (χ0n) is 19.0. The SMILES string of the molecule is COc1cccc(N2CCN(C(=O)Cc3csc(Nc4cc(OC)ccc4OC)n3)CC2)c1. The molecule has 1 aromatic heterocycles. The fourth-order valence-electron chi connectivity index (χ4n) is 3.76. The first-order chi connectivity index (χ1) is 16.1. The molecule has 1 aliphatic heterocycles. The van der Waals surface area contributed by atoms with Crippen molar-refractivity contribution in [3.63, 3.8) is 0 Å². The molecule has 8 nitrogen and oxygen atoms in total. The molecule has 1 amide bonds. The lowest BCUT2D eigenvalue weighted by molar-refractivity contribution is -0.130. The number of rotatable bonds is 8. The van der Waals surface area contributed by atoms with Crippen LogP contribution in [0.25, 0.3) is 0 Å². The summed E-state index contributed by atoms with van der Waals surface area (Å²) in [5.74, 6) is 2.34. The van der Waals surface area contributed by atoms with Crippen LogP contribution in [0.1, 0.15) is 5.69 Å². The van der Waals surface area contributed by atoms with E-state index in [1.807, 2.05) is 46.7 Å². The zero-order chi connectivity index (χ0) is 23.2. The number of piperazine rings is 1. The topological polar surface area (TPSA) is 76.2 Å². The Balaban J connectivity index is 1.33. The number of carbonyl (C=O) groups excluding carboxylic acids is 1. The highest BCUT2D eigenvalue weighted by Crippen LogP contribution is 2.32. The molecule has 0 radical (unpaired) electrons. The van der Waals surface area contributed by atoms with Crippen LogP contribution in [-0.4, -0.2) is 63.3 Å². The quantitative estimate of drug-likeness (QED) is 0.539. The summed E-state index contributed by atoms with van der Waals surface area (Å²) in [4.78, 5) is 21.6. The first kappa shape index (κ1) is 22.7. The molecule has 0 aliphatic carbocycles. The highest BCUT2D eigenvalue weighted by atomic mass is 32.1. The highest BCUT2D eigenvalue weighted by molar-refractivity contribution is 7.13. The minimum absolute atomic E-state index is 0.0936. The fourth-order valence-corrected chi connectivity index (χ4v) is 4.48. The number of benzene rings is 2. The Bertz CT molecular complexity index is 1100. The molecule has 33 heavy (non-hydrogen) atoms. The Morgan fingerprint density at radius 1 is 1.00 bits per heavy atom. The summed E-state index contributed by atoms with van der Waals surface area (Å²) in [6.45, 7) is 2.95.